The average Bonchev–Trinajstić information content (AvgIpc) is 2.16. The Kier molecular flexibility index (Phi) is 5.06. The van der Waals surface area contributed by atoms with Gasteiger partial charge in [-0.2, -0.15) is 0 Å². The molecule has 6 nitrogen and oxygen atoms in total. The van der Waals surface area contributed by atoms with Crippen LogP contribution in [-0.2, 0) is 13.7 Å². The lowest BCUT2D eigenvalue weighted by Gasteiger charge is -2.00. The Hall–Kier alpha value is -0.770. The van der Waals surface area contributed by atoms with Crippen LogP contribution in [0, 0.1) is 0 Å². The van der Waals surface area contributed by atoms with Crippen molar-refractivity contribution in [3.05, 3.63) is 30.3 Å². The van der Waals surface area contributed by atoms with Gasteiger partial charge in [0.05, 0.1) is 0 Å². The van der Waals surface area contributed by atoms with Crippen molar-refractivity contribution >= 4 is 21.3 Å². The first-order valence-electron chi connectivity index (χ1n) is 4.38. The number of hydrogen-bond acceptors (Lipinski definition) is 4. The third kappa shape index (κ3) is 5.95. The molecule has 0 aliphatic heterocycles. The molecule has 1 rings (SSSR count). The fourth-order valence-electron chi connectivity index (χ4n) is 0.935. The molecule has 1 aromatic carbocycles. The zero-order valence-electron chi connectivity index (χ0n) is 8.31. The van der Waals surface area contributed by atoms with E-state index in [2.05, 4.69) is 5.32 Å². The minimum Gasteiger partial charge on any atom is -0.359 e. The number of anilines is 1. The van der Waals surface area contributed by atoms with Crippen LogP contribution in [0.15, 0.2) is 30.3 Å². The lowest BCUT2D eigenvalue weighted by atomic mass is 10.3. The van der Waals surface area contributed by atoms with Crippen molar-refractivity contribution in [3.63, 3.8) is 0 Å². The highest BCUT2D eigenvalue weighted by Gasteiger charge is 2.31. The molecule has 0 heterocycles. The summed E-state index contributed by atoms with van der Waals surface area (Å²) in [6, 6.07) is 9.06. The van der Waals surface area contributed by atoms with E-state index in [-0.39, 0.29) is 6.73 Å². The Balaban J connectivity index is 2.26. The van der Waals surface area contributed by atoms with Gasteiger partial charge in [-0.05, 0) is 16.7 Å². The van der Waals surface area contributed by atoms with Gasteiger partial charge in [-0.25, -0.2) is 0 Å². The van der Waals surface area contributed by atoms with Crippen LogP contribution >= 0.6 is 15.6 Å². The molecule has 0 aliphatic carbocycles. The predicted molar refractivity (Wildman–Crippen MR) is 60.5 cm³/mol. The molecule has 0 saturated heterocycles. The summed E-state index contributed by atoms with van der Waals surface area (Å²) >= 11 is 0. The topological polar surface area (TPSA) is 95.9 Å². The first-order chi connectivity index (χ1) is 7.47. The van der Waals surface area contributed by atoms with Crippen molar-refractivity contribution in [1.82, 2.24) is 0 Å². The number of nitrogens with one attached hydrogen (secondary N) is 1. The maximum atomic E-state index is 11.0. The molecule has 88 valence electrons. The second-order valence-electron chi connectivity index (χ2n) is 2.96. The van der Waals surface area contributed by atoms with Crippen molar-refractivity contribution in [3.8, 4) is 0 Å². The second-order valence-corrected chi connectivity index (χ2v) is 6.34. The van der Waals surface area contributed by atoms with Crippen LogP contribution in [0.4, 0.5) is 5.69 Å². The smallest absolute Gasteiger partial charge is 0.359 e. The molecular formula is C8H12NO5P2+. The van der Waals surface area contributed by atoms with Gasteiger partial charge in [0.25, 0.3) is 5.90 Å². The van der Waals surface area contributed by atoms with E-state index in [1.807, 2.05) is 18.2 Å². The summed E-state index contributed by atoms with van der Waals surface area (Å²) in [7, 11) is -6.61. The van der Waals surface area contributed by atoms with E-state index in [4.69, 9.17) is 14.3 Å². The van der Waals surface area contributed by atoms with Crippen molar-refractivity contribution in [1.29, 1.82) is 0 Å². The van der Waals surface area contributed by atoms with Gasteiger partial charge in [0, 0.05) is 5.69 Å². The first-order valence-corrected chi connectivity index (χ1v) is 7.54. The monoisotopic (exact) mass is 264 g/mol. The second kappa shape index (κ2) is 6.09. The minimum atomic E-state index is -4.27. The van der Waals surface area contributed by atoms with Crippen LogP contribution in [0.3, 0.4) is 0 Å². The molecule has 1 atom stereocenters. The summed E-state index contributed by atoms with van der Waals surface area (Å²) in [4.78, 5) is 17.1. The Bertz CT molecular complexity index is 391. The van der Waals surface area contributed by atoms with Gasteiger partial charge in [0.15, 0.2) is 6.73 Å². The Labute approximate surface area is 93.7 Å². The molecule has 0 aliphatic rings. The zero-order valence-corrected chi connectivity index (χ0v) is 10.1. The van der Waals surface area contributed by atoms with Gasteiger partial charge >= 0.3 is 15.6 Å². The quantitative estimate of drug-likeness (QED) is 0.536. The third-order valence-electron chi connectivity index (χ3n) is 1.56. The molecule has 0 bridgehead atoms. The van der Waals surface area contributed by atoms with Gasteiger partial charge in [0.1, 0.15) is 0 Å². The lowest BCUT2D eigenvalue weighted by molar-refractivity contribution is 0.350. The molecule has 1 aromatic rings. The van der Waals surface area contributed by atoms with E-state index in [1.165, 1.54) is 0 Å². The van der Waals surface area contributed by atoms with E-state index in [1.54, 1.807) is 12.1 Å². The van der Waals surface area contributed by atoms with E-state index in [0.29, 0.717) is 0 Å². The Morgan fingerprint density at radius 1 is 1.31 bits per heavy atom. The van der Waals surface area contributed by atoms with Gasteiger partial charge in [-0.1, -0.05) is 18.2 Å². The highest BCUT2D eigenvalue weighted by Crippen LogP contribution is 2.45. The Morgan fingerprint density at radius 3 is 2.50 bits per heavy atom. The van der Waals surface area contributed by atoms with Crippen LogP contribution < -0.4 is 5.32 Å². The molecule has 0 fully saturated rings. The normalized spacial score (nSPS) is 12.2. The predicted octanol–water partition coefficient (Wildman–Crippen LogP) is 1.95. The van der Waals surface area contributed by atoms with Gasteiger partial charge in [-0.3, -0.25) is 4.57 Å². The van der Waals surface area contributed by atoms with Crippen molar-refractivity contribution < 1.29 is 23.4 Å². The SMILES string of the molecule is O=[P+](CP(=O)(O)O)OCNc1ccccc1. The standard InChI is InChI=1S/C8H11NO5P2/c10-15(7-16(11,12)13)14-6-9-8-4-2-1-3-5-8/h1-5,9H,6-7H2,(H-,11,12,13)/p+1. The summed E-state index contributed by atoms with van der Waals surface area (Å²) in [5.74, 6) is -0.751. The number of para-hydroxylation sites is 1. The highest BCUT2D eigenvalue weighted by atomic mass is 31.2. The van der Waals surface area contributed by atoms with Gasteiger partial charge < -0.3 is 15.1 Å². The summed E-state index contributed by atoms with van der Waals surface area (Å²) in [6.45, 7) is -0.0563. The summed E-state index contributed by atoms with van der Waals surface area (Å²) in [6.07, 6.45) is 0. The molecule has 0 radical (unpaired) electrons. The molecule has 8 heteroatoms. The molecule has 0 saturated carbocycles. The van der Waals surface area contributed by atoms with Crippen LogP contribution in [0.25, 0.3) is 0 Å². The maximum absolute atomic E-state index is 11.0. The number of rotatable bonds is 6. The molecule has 0 spiro atoms. The van der Waals surface area contributed by atoms with Crippen molar-refractivity contribution in [2.45, 2.75) is 0 Å². The van der Waals surface area contributed by atoms with E-state index < -0.39 is 21.5 Å². The van der Waals surface area contributed by atoms with Gasteiger partial charge in [0.2, 0.25) is 0 Å². The minimum absolute atomic E-state index is 0.0563. The average molecular weight is 264 g/mol. The fourth-order valence-corrected chi connectivity index (χ4v) is 2.67. The first kappa shape index (κ1) is 13.3. The van der Waals surface area contributed by atoms with Crippen molar-refractivity contribution in [2.75, 3.05) is 18.0 Å². The number of benzene rings is 1. The molecule has 1 unspecified atom stereocenters. The number of hydrogen-bond donors (Lipinski definition) is 3. The van der Waals surface area contributed by atoms with Crippen LogP contribution in [0.5, 0.6) is 0 Å². The van der Waals surface area contributed by atoms with Crippen LogP contribution in [-0.4, -0.2) is 22.4 Å². The van der Waals surface area contributed by atoms with E-state index >= 15 is 0 Å². The van der Waals surface area contributed by atoms with Crippen LogP contribution in [0.2, 0.25) is 0 Å². The van der Waals surface area contributed by atoms with E-state index in [0.717, 1.165) is 5.69 Å². The van der Waals surface area contributed by atoms with Gasteiger partial charge in [-0.15, -0.1) is 4.52 Å². The van der Waals surface area contributed by atoms with E-state index in [9.17, 15) is 9.13 Å². The largest absolute Gasteiger partial charge is 0.522 e. The summed E-state index contributed by atoms with van der Waals surface area (Å²) in [5.41, 5.74) is 0.780. The molecule has 16 heavy (non-hydrogen) atoms. The molecule has 0 amide bonds. The molecular weight excluding hydrogens is 252 g/mol. The van der Waals surface area contributed by atoms with Crippen LogP contribution in [0.1, 0.15) is 0 Å². The molecule has 3 N–H and O–H groups in total. The summed E-state index contributed by atoms with van der Waals surface area (Å²) < 4.78 is 26.3. The highest BCUT2D eigenvalue weighted by molar-refractivity contribution is 7.64. The Morgan fingerprint density at radius 2 is 1.94 bits per heavy atom. The summed E-state index contributed by atoms with van der Waals surface area (Å²) in [5, 5.41) is 2.80. The molecule has 0 aromatic heterocycles. The maximum Gasteiger partial charge on any atom is 0.522 e. The lowest BCUT2D eigenvalue weighted by Crippen LogP contribution is -2.02. The third-order valence-corrected chi connectivity index (χ3v) is 4.37. The fraction of sp³-hybridized carbons (Fsp3) is 0.250. The zero-order chi connectivity index (χ0) is 12.0. The van der Waals surface area contributed by atoms with Crippen molar-refractivity contribution in [2.24, 2.45) is 0 Å².